The Kier molecular flexibility index (Phi) is 6.53. The molecule has 6 heavy (non-hydrogen) atoms. The van der Waals surface area contributed by atoms with E-state index in [2.05, 4.69) is 20.3 Å². The van der Waals surface area contributed by atoms with E-state index in [1.165, 1.54) is 0 Å². The molecule has 0 saturated carbocycles. The molecule has 1 heterocycles. The van der Waals surface area contributed by atoms with Gasteiger partial charge in [0.15, 0.2) is 0 Å². The summed E-state index contributed by atoms with van der Waals surface area (Å²) in [5, 5.41) is 0. The molecule has 0 fully saturated rings. The summed E-state index contributed by atoms with van der Waals surface area (Å²) in [5.41, 5.74) is 0. The smallest absolute Gasteiger partial charge is 0 e. The molecule has 0 saturated heterocycles. The predicted molar refractivity (Wildman–Crippen MR) is 39.4 cm³/mol. The van der Waals surface area contributed by atoms with Crippen LogP contribution in [-0.2, 0) is 0 Å². The molecule has 0 aromatic heterocycles. The minimum absolute atomic E-state index is 0. The predicted octanol–water partition coefficient (Wildman–Crippen LogP) is 1.35. The van der Waals surface area contributed by atoms with Gasteiger partial charge in [-0.15, -0.1) is 0 Å². The summed E-state index contributed by atoms with van der Waals surface area (Å²) in [4.78, 5) is 0. The molecule has 0 unspecified atom stereocenters. The SMILES string of the molecule is C1=C[IH]C=C1.[K]. The molecule has 1 radical (unpaired) electrons. The second-order valence-electron chi connectivity index (χ2n) is 0.793. The Balaban J connectivity index is 0.000000250. The van der Waals surface area contributed by atoms with E-state index in [0.29, 0.717) is 0 Å². The molecule has 0 nitrogen and oxygen atoms in total. The van der Waals surface area contributed by atoms with Crippen molar-refractivity contribution in [1.29, 1.82) is 0 Å². The molecule has 0 atom stereocenters. The molecule has 0 amide bonds. The summed E-state index contributed by atoms with van der Waals surface area (Å²) in [6.07, 6.45) is 4.23. The fourth-order valence-electron chi connectivity index (χ4n) is 0.227. The van der Waals surface area contributed by atoms with Crippen LogP contribution in [0.5, 0.6) is 0 Å². The van der Waals surface area contributed by atoms with Gasteiger partial charge in [-0.25, -0.2) is 0 Å². The van der Waals surface area contributed by atoms with Gasteiger partial charge in [-0.2, -0.15) is 0 Å². The number of allylic oxidation sites excluding steroid dienone is 2. The molecular weight excluding hydrogens is 214 g/mol. The molecular formula is C4H5IK. The van der Waals surface area contributed by atoms with Crippen molar-refractivity contribution < 1.29 is 0 Å². The topological polar surface area (TPSA) is 0 Å². The summed E-state index contributed by atoms with van der Waals surface area (Å²) in [6.45, 7) is 0. The summed E-state index contributed by atoms with van der Waals surface area (Å²) < 4.78 is 4.51. The first kappa shape index (κ1) is 7.85. The van der Waals surface area contributed by atoms with Gasteiger partial charge in [-0.3, -0.25) is 0 Å². The average Bonchev–Trinajstić information content (AvgIpc) is 1.76. The van der Waals surface area contributed by atoms with E-state index >= 15 is 0 Å². The third-order valence-corrected chi connectivity index (χ3v) is 2.22. The first-order valence-corrected chi connectivity index (χ1v) is 4.16. The van der Waals surface area contributed by atoms with Gasteiger partial charge in [0.1, 0.15) is 0 Å². The second kappa shape index (κ2) is 4.99. The van der Waals surface area contributed by atoms with Crippen LogP contribution in [0.2, 0.25) is 0 Å². The summed E-state index contributed by atoms with van der Waals surface area (Å²) in [7, 11) is 0. The first-order valence-electron chi connectivity index (χ1n) is 1.47. The van der Waals surface area contributed by atoms with Crippen LogP contribution in [-0.4, -0.2) is 51.4 Å². The van der Waals surface area contributed by atoms with E-state index in [9.17, 15) is 0 Å². The normalized spacial score (nSPS) is 16.0. The molecule has 0 N–H and O–H groups in total. The Bertz CT molecular complexity index is 65.6. The van der Waals surface area contributed by atoms with Crippen LogP contribution in [0.1, 0.15) is 0 Å². The van der Waals surface area contributed by atoms with Crippen molar-refractivity contribution in [1.82, 2.24) is 0 Å². The number of rotatable bonds is 0. The van der Waals surface area contributed by atoms with Gasteiger partial charge in [-0.05, 0) is 0 Å². The maximum Gasteiger partial charge on any atom is 0 e. The average molecular weight is 219 g/mol. The second-order valence-corrected chi connectivity index (χ2v) is 3.12. The summed E-state index contributed by atoms with van der Waals surface area (Å²) in [5.74, 6) is 0. The van der Waals surface area contributed by atoms with Crippen LogP contribution < -0.4 is 0 Å². The summed E-state index contributed by atoms with van der Waals surface area (Å²) in [6, 6.07) is 0. The molecule has 1 aliphatic heterocycles. The minimum Gasteiger partial charge on any atom is 0 e. The quantitative estimate of drug-likeness (QED) is 0.426. The monoisotopic (exact) mass is 219 g/mol. The zero-order chi connectivity index (χ0) is 3.54. The van der Waals surface area contributed by atoms with Crippen molar-refractivity contribution in [2.45, 2.75) is 0 Å². The van der Waals surface area contributed by atoms with E-state index in [0.717, 1.165) is 0 Å². The minimum atomic E-state index is 0. The molecule has 2 heteroatoms. The molecule has 0 spiro atoms. The van der Waals surface area contributed by atoms with Crippen molar-refractivity contribution in [2.24, 2.45) is 0 Å². The van der Waals surface area contributed by atoms with E-state index in [1.54, 1.807) is 0 Å². The van der Waals surface area contributed by atoms with Gasteiger partial charge in [0.25, 0.3) is 0 Å². The van der Waals surface area contributed by atoms with Gasteiger partial charge < -0.3 is 0 Å². The molecule has 0 bridgehead atoms. The fourth-order valence-corrected chi connectivity index (χ4v) is 1.52. The Morgan fingerprint density at radius 3 is 1.67 bits per heavy atom. The third-order valence-electron chi connectivity index (χ3n) is 0.425. The first-order chi connectivity index (χ1) is 2.50. The van der Waals surface area contributed by atoms with Gasteiger partial charge in [0.2, 0.25) is 0 Å². The number of hydrogen-bond donors (Lipinski definition) is 0. The Labute approximate surface area is 90.8 Å². The number of hydrogen-bond acceptors (Lipinski definition) is 0. The van der Waals surface area contributed by atoms with E-state index in [-0.39, 0.29) is 72.6 Å². The van der Waals surface area contributed by atoms with E-state index in [4.69, 9.17) is 0 Å². The van der Waals surface area contributed by atoms with Gasteiger partial charge in [0, 0.05) is 51.4 Å². The third kappa shape index (κ3) is 2.93. The maximum absolute atomic E-state index is 2.26. The van der Waals surface area contributed by atoms with Crippen molar-refractivity contribution in [3.63, 3.8) is 0 Å². The Hall–Kier alpha value is 1.85. The van der Waals surface area contributed by atoms with Crippen molar-refractivity contribution in [2.75, 3.05) is 0 Å². The van der Waals surface area contributed by atoms with Crippen LogP contribution in [0.15, 0.2) is 20.3 Å². The molecule has 0 aromatic rings. The zero-order valence-electron chi connectivity index (χ0n) is 3.72. The largest absolute Gasteiger partial charge is 0 e. The molecule has 29 valence electrons. The standard InChI is InChI=1S/C4H5I.K/c1-2-4-5-3-1;/h1-5H;. The summed E-state index contributed by atoms with van der Waals surface area (Å²) >= 11 is 0.243. The zero-order valence-corrected chi connectivity index (χ0v) is 9.17. The maximum atomic E-state index is 2.26. The van der Waals surface area contributed by atoms with Crippen LogP contribution in [0.3, 0.4) is 0 Å². The van der Waals surface area contributed by atoms with Crippen LogP contribution in [0.4, 0.5) is 0 Å². The van der Waals surface area contributed by atoms with Gasteiger partial charge in [-0.1, -0.05) is 0 Å². The number of halogens is 1. The van der Waals surface area contributed by atoms with Crippen molar-refractivity contribution in [3.8, 4) is 0 Å². The fraction of sp³-hybridized carbons (Fsp3) is 0. The van der Waals surface area contributed by atoms with Gasteiger partial charge >= 0.3 is 41.5 Å². The van der Waals surface area contributed by atoms with Gasteiger partial charge in [0.05, 0.1) is 0 Å². The van der Waals surface area contributed by atoms with Crippen LogP contribution in [0, 0.1) is 0 Å². The van der Waals surface area contributed by atoms with Crippen molar-refractivity contribution >= 4 is 72.6 Å². The van der Waals surface area contributed by atoms with E-state index in [1.807, 2.05) is 0 Å². The molecule has 1 rings (SSSR count). The Morgan fingerprint density at radius 2 is 1.50 bits per heavy atom. The molecule has 1 aliphatic rings. The Morgan fingerprint density at radius 1 is 1.00 bits per heavy atom. The van der Waals surface area contributed by atoms with E-state index < -0.39 is 0 Å². The molecule has 0 aliphatic carbocycles. The van der Waals surface area contributed by atoms with Crippen LogP contribution >= 0.6 is 21.2 Å². The van der Waals surface area contributed by atoms with Crippen molar-refractivity contribution in [3.05, 3.63) is 20.3 Å². The van der Waals surface area contributed by atoms with Crippen LogP contribution in [0.25, 0.3) is 0 Å². The molecule has 0 aromatic carbocycles.